The fourth-order valence-electron chi connectivity index (χ4n) is 11.1. The second-order valence-corrected chi connectivity index (χ2v) is 31.1. The molecule has 16 nitrogen and oxygen atoms in total. The molecule has 0 saturated carbocycles. The zero-order valence-electron chi connectivity index (χ0n) is 69.3. The minimum Gasteiger partial charge on any atom is -0.463 e. The number of allylic oxidation sites excluding steroid dienone is 30. The zero-order valence-corrected chi connectivity index (χ0v) is 71.1. The Morgan fingerprint density at radius 3 is 0.793 bits per heavy atom. The Morgan fingerprint density at radius 2 is 0.495 bits per heavy atom. The number of carbonyl (C=O) groups excluding carboxylic acids is 3. The van der Waals surface area contributed by atoms with E-state index in [0.717, 1.165) is 135 Å². The lowest BCUT2D eigenvalue weighted by molar-refractivity contribution is -0.161. The van der Waals surface area contributed by atoms with Gasteiger partial charge >= 0.3 is 33.6 Å². The zero-order chi connectivity index (χ0) is 80.8. The van der Waals surface area contributed by atoms with Crippen LogP contribution in [0.3, 0.4) is 0 Å². The van der Waals surface area contributed by atoms with Gasteiger partial charge in [-0.25, -0.2) is 9.13 Å². The Hall–Kier alpha value is -5.35. The number of hydrogen-bond donors (Lipinski definition) is 4. The fourth-order valence-corrected chi connectivity index (χ4v) is 12.7. The van der Waals surface area contributed by atoms with E-state index in [1.54, 1.807) is 0 Å². The Kier molecular flexibility index (Phi) is 80.0. The van der Waals surface area contributed by atoms with E-state index in [2.05, 4.69) is 185 Å². The minimum atomic E-state index is -4.96. The standard InChI is InChI=1S/C93H154O16P2/c1-4-7-10-13-16-19-22-25-28-31-34-36-38-40-41-42-43-44-45-47-49-50-53-55-58-61-64-67-70-73-76-79-91(96)103-82-88(94)83-105-110(99,100)106-84-89(95)85-107-111(101,102)108-87-90(109-93(98)81-78-75-72-69-66-63-60-57-52-33-30-27-24-21-18-15-12-9-6-3)86-104-92(97)80-77-74-71-68-65-62-59-56-54-51-48-46-39-37-35-32-29-26-23-20-17-14-11-8-5-2/h7,9-10,12,16-21,25-30,34-37,40-41,46,48,52,57,63,66,72,75,88-90,94-95H,4-6,8,11,13-15,22-24,31-33,38-39,42-45,47,49-51,53-56,58-62,64-65,67-71,73-74,76-87H2,1-3H3,(H,99,100)(H,101,102)/b10-7-,12-9-,19-16-,20-17-,21-18-,28-25-,29-26-,30-27-,36-34-,37-35-,41-40-,48-46-,57-52-,66-63-,75-72-. The van der Waals surface area contributed by atoms with Gasteiger partial charge in [-0.3, -0.25) is 32.5 Å². The molecule has 0 bridgehead atoms. The molecule has 0 heterocycles. The molecule has 0 fully saturated rings. The first-order chi connectivity index (χ1) is 54.2. The van der Waals surface area contributed by atoms with Crippen molar-refractivity contribution >= 4 is 33.6 Å². The van der Waals surface area contributed by atoms with Crippen molar-refractivity contribution in [3.63, 3.8) is 0 Å². The number of rotatable bonds is 80. The molecule has 5 atom stereocenters. The number of phosphoric acid groups is 2. The summed E-state index contributed by atoms with van der Waals surface area (Å²) in [4.78, 5) is 58.8. The Labute approximate surface area is 675 Å². The van der Waals surface area contributed by atoms with Crippen molar-refractivity contribution in [2.75, 3.05) is 39.6 Å². The number of esters is 3. The lowest BCUT2D eigenvalue weighted by Crippen LogP contribution is -2.29. The summed E-state index contributed by atoms with van der Waals surface area (Å²) in [7, 11) is -9.84. The molecule has 0 saturated heterocycles. The van der Waals surface area contributed by atoms with Crippen molar-refractivity contribution in [1.29, 1.82) is 0 Å². The van der Waals surface area contributed by atoms with Crippen molar-refractivity contribution in [3.8, 4) is 0 Å². The number of hydrogen-bond acceptors (Lipinski definition) is 14. The van der Waals surface area contributed by atoms with E-state index in [4.69, 9.17) is 32.3 Å². The maximum absolute atomic E-state index is 13.0. The minimum absolute atomic E-state index is 0.0277. The molecule has 0 spiro atoms. The molecule has 632 valence electrons. The topological polar surface area (TPSA) is 231 Å². The van der Waals surface area contributed by atoms with E-state index in [1.807, 2.05) is 18.2 Å². The summed E-state index contributed by atoms with van der Waals surface area (Å²) >= 11 is 0. The van der Waals surface area contributed by atoms with E-state index in [-0.39, 0.29) is 19.3 Å². The largest absolute Gasteiger partial charge is 0.472 e. The van der Waals surface area contributed by atoms with Crippen LogP contribution in [0.15, 0.2) is 182 Å². The van der Waals surface area contributed by atoms with Crippen molar-refractivity contribution in [2.45, 2.75) is 347 Å². The summed E-state index contributed by atoms with van der Waals surface area (Å²) in [6, 6.07) is 0. The SMILES string of the molecule is CC/C=C\C/C=C\C/C=C\C/C=C\C/C=C\C/C=C\CCC(=O)OC(COC(=O)CCCCCCCCCCC/C=C\C/C=C\C/C=C\C/C=C\CCCCC)COP(=O)(O)OCC(O)COP(=O)(O)OCC(O)COC(=O)CCCCCCCCCCCCCCCCC/C=C\C/C=C\C/C=C\C/C=C\C/C=C\CC. The Morgan fingerprint density at radius 1 is 0.261 bits per heavy atom. The van der Waals surface area contributed by atoms with E-state index in [0.29, 0.717) is 25.7 Å². The average molecular weight is 1590 g/mol. The molecule has 0 aromatic rings. The Bertz CT molecular complexity index is 2750. The van der Waals surface area contributed by atoms with E-state index >= 15 is 0 Å². The second kappa shape index (κ2) is 84.1. The van der Waals surface area contributed by atoms with Crippen LogP contribution in [-0.2, 0) is 55.8 Å². The summed E-state index contributed by atoms with van der Waals surface area (Å²) in [5.41, 5.74) is 0. The van der Waals surface area contributed by atoms with Gasteiger partial charge in [0.05, 0.1) is 26.4 Å². The maximum atomic E-state index is 13.0. The molecule has 0 rings (SSSR count). The number of phosphoric ester groups is 2. The van der Waals surface area contributed by atoms with Crippen LogP contribution in [0.1, 0.15) is 329 Å². The van der Waals surface area contributed by atoms with Gasteiger partial charge in [-0.2, -0.15) is 0 Å². The molecule has 5 unspecified atom stereocenters. The summed E-state index contributed by atoms with van der Waals surface area (Å²) in [6.07, 6.45) is 110. The van der Waals surface area contributed by atoms with E-state index < -0.39 is 91.5 Å². The summed E-state index contributed by atoms with van der Waals surface area (Å²) in [6.45, 7) is 2.34. The van der Waals surface area contributed by atoms with Gasteiger partial charge in [0.15, 0.2) is 6.10 Å². The molecule has 0 amide bonds. The van der Waals surface area contributed by atoms with Crippen LogP contribution in [0.25, 0.3) is 0 Å². The average Bonchev–Trinajstić information content (AvgIpc) is 0.885. The van der Waals surface area contributed by atoms with Gasteiger partial charge in [-0.1, -0.05) is 344 Å². The van der Waals surface area contributed by atoms with Crippen LogP contribution in [-0.4, -0.2) is 95.9 Å². The molecule has 0 aromatic carbocycles. The molecule has 0 aliphatic heterocycles. The number of aliphatic hydroxyl groups excluding tert-OH is 2. The van der Waals surface area contributed by atoms with Crippen LogP contribution in [0, 0.1) is 0 Å². The highest BCUT2D eigenvalue weighted by atomic mass is 31.2. The van der Waals surface area contributed by atoms with Crippen LogP contribution >= 0.6 is 15.6 Å². The molecule has 111 heavy (non-hydrogen) atoms. The number of ether oxygens (including phenoxy) is 3. The van der Waals surface area contributed by atoms with Gasteiger partial charge < -0.3 is 34.2 Å². The van der Waals surface area contributed by atoms with Gasteiger partial charge in [0.2, 0.25) is 0 Å². The normalized spacial score (nSPS) is 14.8. The van der Waals surface area contributed by atoms with Gasteiger partial charge in [0, 0.05) is 19.3 Å². The lowest BCUT2D eigenvalue weighted by Gasteiger charge is -2.21. The van der Waals surface area contributed by atoms with Gasteiger partial charge in [0.25, 0.3) is 0 Å². The van der Waals surface area contributed by atoms with Crippen LogP contribution < -0.4 is 0 Å². The summed E-state index contributed by atoms with van der Waals surface area (Å²) < 4.78 is 61.2. The Balaban J connectivity index is 4.62. The van der Waals surface area contributed by atoms with Gasteiger partial charge in [-0.05, 0) is 148 Å². The third-order valence-corrected chi connectivity index (χ3v) is 19.5. The molecule has 0 aliphatic carbocycles. The number of aliphatic hydroxyl groups is 2. The number of unbranched alkanes of at least 4 members (excludes halogenated alkanes) is 27. The first-order valence-electron chi connectivity index (χ1n) is 43.1. The molecule has 0 aliphatic rings. The number of carbonyl (C=O) groups is 3. The van der Waals surface area contributed by atoms with Crippen molar-refractivity contribution in [3.05, 3.63) is 182 Å². The smallest absolute Gasteiger partial charge is 0.463 e. The summed E-state index contributed by atoms with van der Waals surface area (Å²) in [5.74, 6) is -1.68. The first-order valence-corrected chi connectivity index (χ1v) is 46.1. The fraction of sp³-hybridized carbons (Fsp3) is 0.645. The quantitative estimate of drug-likeness (QED) is 0.0146. The summed E-state index contributed by atoms with van der Waals surface area (Å²) in [5, 5.41) is 20.7. The van der Waals surface area contributed by atoms with E-state index in [1.165, 1.54) is 128 Å². The molecule has 0 aromatic heterocycles. The molecule has 4 N–H and O–H groups in total. The monoisotopic (exact) mass is 1590 g/mol. The van der Waals surface area contributed by atoms with Crippen molar-refractivity contribution in [2.24, 2.45) is 0 Å². The third-order valence-electron chi connectivity index (χ3n) is 17.6. The predicted molar refractivity (Wildman–Crippen MR) is 463 cm³/mol. The van der Waals surface area contributed by atoms with Gasteiger partial charge in [0.1, 0.15) is 25.4 Å². The van der Waals surface area contributed by atoms with Crippen LogP contribution in [0.4, 0.5) is 0 Å². The van der Waals surface area contributed by atoms with Gasteiger partial charge in [-0.15, -0.1) is 0 Å². The van der Waals surface area contributed by atoms with Crippen LogP contribution in [0.5, 0.6) is 0 Å². The second-order valence-electron chi connectivity index (χ2n) is 28.2. The first kappa shape index (κ1) is 106. The third kappa shape index (κ3) is 85.4. The van der Waals surface area contributed by atoms with Crippen molar-refractivity contribution < 1.29 is 75.8 Å². The van der Waals surface area contributed by atoms with Crippen LogP contribution in [0.2, 0.25) is 0 Å². The molecule has 18 heteroatoms. The lowest BCUT2D eigenvalue weighted by atomic mass is 10.0. The predicted octanol–water partition coefficient (Wildman–Crippen LogP) is 26.1. The maximum Gasteiger partial charge on any atom is 0.472 e. The van der Waals surface area contributed by atoms with Crippen molar-refractivity contribution in [1.82, 2.24) is 0 Å². The molecule has 0 radical (unpaired) electrons. The highest BCUT2D eigenvalue weighted by Gasteiger charge is 2.29. The highest BCUT2D eigenvalue weighted by molar-refractivity contribution is 7.47. The molecular weight excluding hydrogens is 1430 g/mol. The van der Waals surface area contributed by atoms with E-state index in [9.17, 15) is 43.5 Å². The highest BCUT2D eigenvalue weighted by Crippen LogP contribution is 2.45. The molecular formula is C93H154O16P2.